The second-order valence-corrected chi connectivity index (χ2v) is 5.15. The molecule has 1 atom stereocenters. The molecular weight excluding hydrogens is 268 g/mol. The van der Waals surface area contributed by atoms with Crippen LogP contribution in [0.1, 0.15) is 25.6 Å². The average Bonchev–Trinajstić information content (AvgIpc) is 2.49. The summed E-state index contributed by atoms with van der Waals surface area (Å²) in [5.41, 5.74) is 6.54. The lowest BCUT2D eigenvalue weighted by molar-refractivity contribution is -0.134. The van der Waals surface area contributed by atoms with E-state index in [1.165, 1.54) is 0 Å². The molecule has 1 aromatic heterocycles. The first-order valence-electron chi connectivity index (χ1n) is 7.48. The van der Waals surface area contributed by atoms with Gasteiger partial charge >= 0.3 is 0 Å². The molecule has 2 heterocycles. The number of aromatic nitrogens is 1. The second kappa shape index (κ2) is 7.38. The van der Waals surface area contributed by atoms with Crippen LogP contribution in [0.15, 0.2) is 18.2 Å². The van der Waals surface area contributed by atoms with E-state index in [1.807, 2.05) is 30.9 Å². The van der Waals surface area contributed by atoms with Crippen molar-refractivity contribution in [1.82, 2.24) is 14.8 Å². The van der Waals surface area contributed by atoms with E-state index < -0.39 is 0 Å². The number of likely N-dealkylation sites (N-methyl/N-ethyl adjacent to an activating group) is 1. The van der Waals surface area contributed by atoms with Crippen molar-refractivity contribution < 1.29 is 9.53 Å². The van der Waals surface area contributed by atoms with E-state index in [4.69, 9.17) is 10.5 Å². The Labute approximate surface area is 125 Å². The molecule has 1 amide bonds. The topological polar surface area (TPSA) is 71.7 Å². The molecule has 6 nitrogen and oxygen atoms in total. The number of pyridine rings is 1. The average molecular weight is 292 g/mol. The zero-order valence-electron chi connectivity index (χ0n) is 12.8. The molecule has 1 aliphatic rings. The summed E-state index contributed by atoms with van der Waals surface area (Å²) in [6.45, 7) is 7.98. The number of nitrogens with zero attached hydrogens (tertiary/aromatic N) is 3. The fourth-order valence-corrected chi connectivity index (χ4v) is 2.54. The van der Waals surface area contributed by atoms with Crippen molar-refractivity contribution in [3.8, 4) is 0 Å². The van der Waals surface area contributed by atoms with Crippen LogP contribution in [0.5, 0.6) is 0 Å². The van der Waals surface area contributed by atoms with E-state index in [0.29, 0.717) is 25.5 Å². The largest absolute Gasteiger partial charge is 0.384 e. The van der Waals surface area contributed by atoms with Crippen molar-refractivity contribution >= 4 is 11.7 Å². The molecule has 0 saturated carbocycles. The van der Waals surface area contributed by atoms with Crippen LogP contribution in [0.25, 0.3) is 0 Å². The minimum Gasteiger partial charge on any atom is -0.384 e. The van der Waals surface area contributed by atoms with Gasteiger partial charge in [-0.3, -0.25) is 9.69 Å². The lowest BCUT2D eigenvalue weighted by Gasteiger charge is -2.33. The quantitative estimate of drug-likeness (QED) is 0.873. The van der Waals surface area contributed by atoms with Gasteiger partial charge in [0.25, 0.3) is 0 Å². The SMILES string of the molecule is CCN(CC)C(=O)CN1CCO[C@H](c2cccc(N)n2)C1. The summed E-state index contributed by atoms with van der Waals surface area (Å²) < 4.78 is 5.76. The predicted octanol–water partition coefficient (Wildman–Crippen LogP) is 0.905. The van der Waals surface area contributed by atoms with Gasteiger partial charge < -0.3 is 15.4 Å². The number of hydrogen-bond donors (Lipinski definition) is 1. The van der Waals surface area contributed by atoms with Crippen molar-refractivity contribution in [2.24, 2.45) is 0 Å². The molecule has 0 spiro atoms. The lowest BCUT2D eigenvalue weighted by Crippen LogP contribution is -2.45. The zero-order chi connectivity index (χ0) is 15.2. The van der Waals surface area contributed by atoms with Gasteiger partial charge in [-0.25, -0.2) is 4.98 Å². The molecule has 1 aliphatic heterocycles. The minimum atomic E-state index is -0.119. The van der Waals surface area contributed by atoms with Crippen LogP contribution in [0.4, 0.5) is 5.82 Å². The van der Waals surface area contributed by atoms with Crippen LogP contribution in [0.2, 0.25) is 0 Å². The van der Waals surface area contributed by atoms with Crippen molar-refractivity contribution in [3.63, 3.8) is 0 Å². The first kappa shape index (κ1) is 15.7. The number of rotatable bonds is 5. The Hall–Kier alpha value is -1.66. The molecule has 0 radical (unpaired) electrons. The van der Waals surface area contributed by atoms with Gasteiger partial charge in [0.1, 0.15) is 11.9 Å². The summed E-state index contributed by atoms with van der Waals surface area (Å²) in [5.74, 6) is 0.661. The summed E-state index contributed by atoms with van der Waals surface area (Å²) in [6, 6.07) is 5.55. The summed E-state index contributed by atoms with van der Waals surface area (Å²) in [4.78, 5) is 20.5. The Morgan fingerprint density at radius 2 is 2.24 bits per heavy atom. The van der Waals surface area contributed by atoms with E-state index in [0.717, 1.165) is 25.3 Å². The Balaban J connectivity index is 1.96. The molecule has 21 heavy (non-hydrogen) atoms. The maximum absolute atomic E-state index is 12.2. The maximum Gasteiger partial charge on any atom is 0.236 e. The number of ether oxygens (including phenoxy) is 1. The summed E-state index contributed by atoms with van der Waals surface area (Å²) in [5, 5.41) is 0. The lowest BCUT2D eigenvalue weighted by atomic mass is 10.2. The monoisotopic (exact) mass is 292 g/mol. The number of carbonyl (C=O) groups excluding carboxylic acids is 1. The third-order valence-corrected chi connectivity index (χ3v) is 3.75. The molecule has 0 aliphatic carbocycles. The van der Waals surface area contributed by atoms with Gasteiger partial charge in [0.05, 0.1) is 18.8 Å². The molecule has 1 saturated heterocycles. The zero-order valence-corrected chi connectivity index (χ0v) is 12.8. The smallest absolute Gasteiger partial charge is 0.236 e. The Bertz CT molecular complexity index is 476. The highest BCUT2D eigenvalue weighted by atomic mass is 16.5. The molecule has 0 bridgehead atoms. The Morgan fingerprint density at radius 1 is 1.48 bits per heavy atom. The van der Waals surface area contributed by atoms with E-state index in [1.54, 1.807) is 6.07 Å². The fraction of sp³-hybridized carbons (Fsp3) is 0.600. The normalized spacial score (nSPS) is 19.4. The number of hydrogen-bond acceptors (Lipinski definition) is 5. The standard InChI is InChI=1S/C15H24N4O2/c1-3-19(4-2)15(20)11-18-8-9-21-13(10-18)12-6-5-7-14(16)17-12/h5-7,13H,3-4,8-11H2,1-2H3,(H2,16,17)/t13-/m0/s1. The van der Waals surface area contributed by atoms with Gasteiger partial charge in [0.2, 0.25) is 5.91 Å². The predicted molar refractivity (Wildman–Crippen MR) is 81.7 cm³/mol. The molecule has 2 N–H and O–H groups in total. The third kappa shape index (κ3) is 4.15. The first-order chi connectivity index (χ1) is 10.1. The second-order valence-electron chi connectivity index (χ2n) is 5.15. The van der Waals surface area contributed by atoms with Crippen molar-refractivity contribution in [3.05, 3.63) is 23.9 Å². The number of nitrogen functional groups attached to an aromatic ring is 1. The molecule has 1 fully saturated rings. The molecule has 2 rings (SSSR count). The van der Waals surface area contributed by atoms with Gasteiger partial charge in [-0.2, -0.15) is 0 Å². The Morgan fingerprint density at radius 3 is 2.90 bits per heavy atom. The molecule has 1 aromatic rings. The Kier molecular flexibility index (Phi) is 5.52. The van der Waals surface area contributed by atoms with Gasteiger partial charge in [-0.15, -0.1) is 0 Å². The van der Waals surface area contributed by atoms with Crippen molar-refractivity contribution in [2.75, 3.05) is 45.1 Å². The summed E-state index contributed by atoms with van der Waals surface area (Å²) in [7, 11) is 0. The highest BCUT2D eigenvalue weighted by Gasteiger charge is 2.25. The number of anilines is 1. The first-order valence-corrected chi connectivity index (χ1v) is 7.48. The molecule has 116 valence electrons. The number of morpholine rings is 1. The van der Waals surface area contributed by atoms with E-state index >= 15 is 0 Å². The summed E-state index contributed by atoms with van der Waals surface area (Å²) >= 11 is 0. The van der Waals surface area contributed by atoms with Gasteiger partial charge in [-0.1, -0.05) is 6.07 Å². The van der Waals surface area contributed by atoms with E-state index in [-0.39, 0.29) is 12.0 Å². The molecule has 0 aromatic carbocycles. The van der Waals surface area contributed by atoms with Crippen LogP contribution < -0.4 is 5.73 Å². The van der Waals surface area contributed by atoms with Gasteiger partial charge in [0.15, 0.2) is 0 Å². The van der Waals surface area contributed by atoms with E-state index in [9.17, 15) is 4.79 Å². The molecular formula is C15H24N4O2. The van der Waals surface area contributed by atoms with Crippen LogP contribution in [0.3, 0.4) is 0 Å². The summed E-state index contributed by atoms with van der Waals surface area (Å²) in [6.07, 6.45) is -0.119. The van der Waals surface area contributed by atoms with Crippen molar-refractivity contribution in [1.29, 1.82) is 0 Å². The van der Waals surface area contributed by atoms with Gasteiger partial charge in [0, 0.05) is 26.2 Å². The number of nitrogens with two attached hydrogens (primary N) is 1. The van der Waals surface area contributed by atoms with Crippen LogP contribution >= 0.6 is 0 Å². The van der Waals surface area contributed by atoms with Gasteiger partial charge in [-0.05, 0) is 26.0 Å². The number of amides is 1. The minimum absolute atomic E-state index is 0.119. The van der Waals surface area contributed by atoms with Crippen LogP contribution in [-0.4, -0.2) is 60.0 Å². The van der Waals surface area contributed by atoms with Crippen LogP contribution in [-0.2, 0) is 9.53 Å². The van der Waals surface area contributed by atoms with Crippen molar-refractivity contribution in [2.45, 2.75) is 20.0 Å². The molecule has 6 heteroatoms. The van der Waals surface area contributed by atoms with Crippen LogP contribution in [0, 0.1) is 0 Å². The molecule has 0 unspecified atom stereocenters. The third-order valence-electron chi connectivity index (χ3n) is 3.75. The highest BCUT2D eigenvalue weighted by Crippen LogP contribution is 2.21. The highest BCUT2D eigenvalue weighted by molar-refractivity contribution is 5.78. The number of carbonyl (C=O) groups is 1. The van der Waals surface area contributed by atoms with E-state index in [2.05, 4.69) is 9.88 Å². The maximum atomic E-state index is 12.2. The fourth-order valence-electron chi connectivity index (χ4n) is 2.54.